The van der Waals surface area contributed by atoms with Crippen LogP contribution in [0.2, 0.25) is 0 Å². The number of rotatable bonds is 6. The van der Waals surface area contributed by atoms with E-state index in [1.165, 1.54) is 6.26 Å². The summed E-state index contributed by atoms with van der Waals surface area (Å²) in [6.07, 6.45) is 2.73. The van der Waals surface area contributed by atoms with Crippen LogP contribution in [0.3, 0.4) is 0 Å². The molecule has 1 aromatic heterocycles. The second-order valence-electron chi connectivity index (χ2n) is 5.53. The number of hydrogen-bond acceptors (Lipinski definition) is 5. The molecule has 3 rings (SSSR count). The first-order chi connectivity index (χ1) is 12.0. The fourth-order valence-electron chi connectivity index (χ4n) is 2.31. The third-order valence-electron chi connectivity index (χ3n) is 3.53. The van der Waals surface area contributed by atoms with Crippen molar-refractivity contribution < 1.29 is 13.2 Å². The van der Waals surface area contributed by atoms with E-state index in [2.05, 4.69) is 10.3 Å². The van der Waals surface area contributed by atoms with Crippen LogP contribution in [0.15, 0.2) is 77.8 Å². The normalized spacial score (nSPS) is 11.1. The summed E-state index contributed by atoms with van der Waals surface area (Å²) in [6.45, 7) is 0.463. The number of pyridine rings is 1. The lowest BCUT2D eigenvalue weighted by atomic mass is 10.2. The SMILES string of the molecule is CS(=O)(=O)c1cccnc1NCc1ccc(Oc2ccccc2)cc1. The van der Waals surface area contributed by atoms with E-state index in [1.807, 2.05) is 54.6 Å². The Labute approximate surface area is 147 Å². The highest BCUT2D eigenvalue weighted by Crippen LogP contribution is 2.22. The first-order valence-electron chi connectivity index (χ1n) is 7.73. The summed E-state index contributed by atoms with van der Waals surface area (Å²) < 4.78 is 29.3. The first-order valence-corrected chi connectivity index (χ1v) is 9.62. The Morgan fingerprint density at radius 3 is 2.28 bits per heavy atom. The van der Waals surface area contributed by atoms with Crippen molar-refractivity contribution in [1.29, 1.82) is 0 Å². The Bertz CT molecular complexity index is 940. The lowest BCUT2D eigenvalue weighted by Gasteiger charge is -2.10. The molecule has 0 aliphatic rings. The lowest BCUT2D eigenvalue weighted by Crippen LogP contribution is -2.07. The van der Waals surface area contributed by atoms with E-state index in [4.69, 9.17) is 4.74 Å². The Hall–Kier alpha value is -2.86. The van der Waals surface area contributed by atoms with Crippen molar-refractivity contribution in [1.82, 2.24) is 4.98 Å². The molecular weight excluding hydrogens is 336 g/mol. The van der Waals surface area contributed by atoms with Gasteiger partial charge in [-0.2, -0.15) is 0 Å². The summed E-state index contributed by atoms with van der Waals surface area (Å²) in [4.78, 5) is 4.31. The molecule has 5 nitrogen and oxygen atoms in total. The molecule has 0 saturated heterocycles. The van der Waals surface area contributed by atoms with Gasteiger partial charge in [0.05, 0.1) is 0 Å². The molecule has 25 heavy (non-hydrogen) atoms. The van der Waals surface area contributed by atoms with E-state index in [0.717, 1.165) is 17.1 Å². The summed E-state index contributed by atoms with van der Waals surface area (Å²) in [5.74, 6) is 1.87. The van der Waals surface area contributed by atoms with E-state index < -0.39 is 9.84 Å². The molecule has 0 atom stereocenters. The van der Waals surface area contributed by atoms with Gasteiger partial charge < -0.3 is 10.1 Å². The van der Waals surface area contributed by atoms with Gasteiger partial charge in [0.1, 0.15) is 22.2 Å². The number of para-hydroxylation sites is 1. The van der Waals surface area contributed by atoms with Crippen molar-refractivity contribution >= 4 is 15.7 Å². The second-order valence-corrected chi connectivity index (χ2v) is 7.52. The Balaban J connectivity index is 1.67. The van der Waals surface area contributed by atoms with Gasteiger partial charge in [-0.3, -0.25) is 0 Å². The minimum absolute atomic E-state index is 0.194. The summed E-state index contributed by atoms with van der Waals surface area (Å²) in [7, 11) is -3.32. The van der Waals surface area contributed by atoms with E-state index in [9.17, 15) is 8.42 Å². The first kappa shape index (κ1) is 17.0. The summed E-state index contributed by atoms with van der Waals surface area (Å²) in [5.41, 5.74) is 0.991. The van der Waals surface area contributed by atoms with Crippen LogP contribution in [-0.4, -0.2) is 19.7 Å². The number of nitrogens with zero attached hydrogens (tertiary/aromatic N) is 1. The van der Waals surface area contributed by atoms with Gasteiger partial charge in [-0.05, 0) is 42.0 Å². The molecule has 1 N–H and O–H groups in total. The maximum Gasteiger partial charge on any atom is 0.179 e. The van der Waals surface area contributed by atoms with E-state index >= 15 is 0 Å². The molecule has 0 saturated carbocycles. The molecule has 0 unspecified atom stereocenters. The predicted molar refractivity (Wildman–Crippen MR) is 97.6 cm³/mol. The maximum atomic E-state index is 11.8. The summed E-state index contributed by atoms with van der Waals surface area (Å²) in [6, 6.07) is 20.3. The third-order valence-corrected chi connectivity index (χ3v) is 4.66. The highest BCUT2D eigenvalue weighted by atomic mass is 32.2. The smallest absolute Gasteiger partial charge is 0.179 e. The zero-order valence-corrected chi connectivity index (χ0v) is 14.5. The lowest BCUT2D eigenvalue weighted by molar-refractivity contribution is 0.482. The third kappa shape index (κ3) is 4.58. The Morgan fingerprint density at radius 1 is 0.920 bits per heavy atom. The molecule has 128 valence electrons. The van der Waals surface area contributed by atoms with E-state index in [0.29, 0.717) is 12.4 Å². The van der Waals surface area contributed by atoms with Crippen LogP contribution in [0.1, 0.15) is 5.56 Å². The number of anilines is 1. The van der Waals surface area contributed by atoms with Gasteiger partial charge in [0.25, 0.3) is 0 Å². The number of nitrogens with one attached hydrogen (secondary N) is 1. The molecule has 0 bridgehead atoms. The summed E-state index contributed by atoms with van der Waals surface area (Å²) in [5, 5.41) is 3.07. The van der Waals surface area contributed by atoms with Crippen molar-refractivity contribution in [3.63, 3.8) is 0 Å². The number of aromatic nitrogens is 1. The average Bonchev–Trinajstić information content (AvgIpc) is 2.61. The zero-order valence-electron chi connectivity index (χ0n) is 13.7. The molecule has 0 aliphatic heterocycles. The highest BCUT2D eigenvalue weighted by molar-refractivity contribution is 7.90. The average molecular weight is 354 g/mol. The monoisotopic (exact) mass is 354 g/mol. The Morgan fingerprint density at radius 2 is 1.60 bits per heavy atom. The van der Waals surface area contributed by atoms with Crippen molar-refractivity contribution in [3.8, 4) is 11.5 Å². The fourth-order valence-corrected chi connectivity index (χ4v) is 3.11. The minimum Gasteiger partial charge on any atom is -0.457 e. The molecular formula is C19H18N2O3S. The molecule has 6 heteroatoms. The van der Waals surface area contributed by atoms with Crippen LogP contribution < -0.4 is 10.1 Å². The van der Waals surface area contributed by atoms with Gasteiger partial charge in [-0.1, -0.05) is 30.3 Å². The molecule has 0 amide bonds. The topological polar surface area (TPSA) is 68.3 Å². The number of ether oxygens (including phenoxy) is 1. The zero-order chi connectivity index (χ0) is 17.7. The number of benzene rings is 2. The van der Waals surface area contributed by atoms with Crippen molar-refractivity contribution in [2.24, 2.45) is 0 Å². The largest absolute Gasteiger partial charge is 0.457 e. The quantitative estimate of drug-likeness (QED) is 0.727. The molecule has 1 heterocycles. The molecule has 0 spiro atoms. The van der Waals surface area contributed by atoms with Crippen molar-refractivity contribution in [2.45, 2.75) is 11.4 Å². The fraction of sp³-hybridized carbons (Fsp3) is 0.105. The molecule has 0 aliphatic carbocycles. The van der Waals surface area contributed by atoms with Gasteiger partial charge >= 0.3 is 0 Å². The van der Waals surface area contributed by atoms with E-state index in [1.54, 1.807) is 18.3 Å². The van der Waals surface area contributed by atoms with Crippen LogP contribution in [0.4, 0.5) is 5.82 Å². The Kier molecular flexibility index (Phi) is 5.00. The van der Waals surface area contributed by atoms with Gasteiger partial charge in [0.15, 0.2) is 9.84 Å². The van der Waals surface area contributed by atoms with Gasteiger partial charge in [-0.25, -0.2) is 13.4 Å². The molecule has 0 fully saturated rings. The number of hydrogen-bond donors (Lipinski definition) is 1. The van der Waals surface area contributed by atoms with Crippen molar-refractivity contribution in [3.05, 3.63) is 78.5 Å². The van der Waals surface area contributed by atoms with Crippen LogP contribution in [0.5, 0.6) is 11.5 Å². The van der Waals surface area contributed by atoms with Crippen LogP contribution in [-0.2, 0) is 16.4 Å². The summed E-state index contributed by atoms with van der Waals surface area (Å²) >= 11 is 0. The van der Waals surface area contributed by atoms with E-state index in [-0.39, 0.29) is 4.90 Å². The molecule has 0 radical (unpaired) electrons. The highest BCUT2D eigenvalue weighted by Gasteiger charge is 2.13. The number of sulfone groups is 1. The standard InChI is InChI=1S/C19H18N2O3S/c1-25(22,23)18-8-5-13-20-19(18)21-14-15-9-11-17(12-10-15)24-16-6-3-2-4-7-16/h2-13H,14H2,1H3,(H,20,21). The van der Waals surface area contributed by atoms with Crippen LogP contribution in [0, 0.1) is 0 Å². The predicted octanol–water partition coefficient (Wildman–Crippen LogP) is 3.89. The second kappa shape index (κ2) is 7.36. The van der Waals surface area contributed by atoms with Gasteiger partial charge in [0, 0.05) is 19.0 Å². The maximum absolute atomic E-state index is 11.8. The molecule has 2 aromatic carbocycles. The van der Waals surface area contributed by atoms with Crippen molar-refractivity contribution in [2.75, 3.05) is 11.6 Å². The van der Waals surface area contributed by atoms with Gasteiger partial charge in [0.2, 0.25) is 0 Å². The van der Waals surface area contributed by atoms with Crippen LogP contribution >= 0.6 is 0 Å². The minimum atomic E-state index is -3.32. The van der Waals surface area contributed by atoms with Crippen LogP contribution in [0.25, 0.3) is 0 Å². The molecule has 3 aromatic rings. The van der Waals surface area contributed by atoms with Gasteiger partial charge in [-0.15, -0.1) is 0 Å².